The van der Waals surface area contributed by atoms with Crippen LogP contribution in [0.4, 0.5) is 0 Å². The molecule has 1 aromatic rings. The molecule has 0 saturated carbocycles. The zero-order valence-corrected chi connectivity index (χ0v) is 14.1. The van der Waals surface area contributed by atoms with E-state index in [0.717, 1.165) is 4.90 Å². The number of carbonyl (C=O) groups is 2. The van der Waals surface area contributed by atoms with Crippen LogP contribution >= 0.6 is 11.8 Å². The lowest BCUT2D eigenvalue weighted by molar-refractivity contribution is -0.647. The van der Waals surface area contributed by atoms with Gasteiger partial charge in [-0.1, -0.05) is 16.4 Å². The molecule has 0 spiro atoms. The largest absolute Gasteiger partial charge is 0.450 e. The topological polar surface area (TPSA) is 79.6 Å². The molecular formula is C14H16N3O4S2+. The smallest absolute Gasteiger partial charge is 0.355 e. The number of fused-ring (bicyclic) bond motifs is 1. The third-order valence-corrected chi connectivity index (χ3v) is 5.91. The van der Waals surface area contributed by atoms with Crippen LogP contribution in [0.25, 0.3) is 0 Å². The van der Waals surface area contributed by atoms with Gasteiger partial charge in [0.2, 0.25) is 18.3 Å². The molecule has 1 N–H and O–H groups in total. The lowest BCUT2D eigenvalue weighted by Gasteiger charge is -2.42. The molecule has 7 nitrogen and oxygen atoms in total. The number of carbonyl (C=O) groups excluding carboxylic acids is 2. The van der Waals surface area contributed by atoms with Crippen molar-refractivity contribution < 1.29 is 23.2 Å². The summed E-state index contributed by atoms with van der Waals surface area (Å²) in [6, 6.07) is 3.79. The van der Waals surface area contributed by atoms with Crippen molar-refractivity contribution in [3.63, 3.8) is 0 Å². The summed E-state index contributed by atoms with van der Waals surface area (Å²) in [4.78, 5) is 26.0. The van der Waals surface area contributed by atoms with Crippen molar-refractivity contribution in [3.8, 4) is 0 Å². The molecule has 122 valence electrons. The molecule has 2 aliphatic rings. The van der Waals surface area contributed by atoms with Gasteiger partial charge in [0.1, 0.15) is 17.0 Å². The van der Waals surface area contributed by atoms with E-state index in [1.54, 1.807) is 4.68 Å². The van der Waals surface area contributed by atoms with Crippen LogP contribution in [0.2, 0.25) is 0 Å². The van der Waals surface area contributed by atoms with Gasteiger partial charge in [-0.3, -0.25) is 13.9 Å². The molecular weight excluding hydrogens is 338 g/mol. The van der Waals surface area contributed by atoms with Crippen molar-refractivity contribution >= 4 is 34.4 Å². The second-order valence-electron chi connectivity index (χ2n) is 4.92. The number of hydrogen-bond donors (Lipinski definition) is 1. The molecule has 1 fully saturated rings. The Kier molecular flexibility index (Phi) is 4.67. The van der Waals surface area contributed by atoms with Gasteiger partial charge in [0, 0.05) is 33.6 Å². The van der Waals surface area contributed by atoms with E-state index in [0.29, 0.717) is 0 Å². The van der Waals surface area contributed by atoms with Gasteiger partial charge in [-0.2, -0.15) is 5.43 Å². The number of amides is 1. The van der Waals surface area contributed by atoms with Crippen molar-refractivity contribution in [2.24, 2.45) is 0 Å². The highest BCUT2D eigenvalue weighted by atomic mass is 32.2. The molecule has 3 heterocycles. The minimum Gasteiger partial charge on any atom is -0.450 e. The number of ether oxygens (including phenoxy) is 1. The Bertz CT molecular complexity index is 690. The SMILES string of the molecule is CN[n+]1ccc(SCOC(=O)C2=CCS(=O)[C@H]3CC(=O)N23)cc1. The van der Waals surface area contributed by atoms with Crippen LogP contribution in [0, 0.1) is 0 Å². The van der Waals surface area contributed by atoms with E-state index in [4.69, 9.17) is 4.74 Å². The number of hydrogen-bond acceptors (Lipinski definition) is 6. The second kappa shape index (κ2) is 6.71. The summed E-state index contributed by atoms with van der Waals surface area (Å²) in [5.74, 6) is -0.295. The van der Waals surface area contributed by atoms with E-state index in [1.807, 2.05) is 31.6 Å². The zero-order valence-electron chi connectivity index (χ0n) is 12.4. The van der Waals surface area contributed by atoms with Crippen molar-refractivity contribution in [1.29, 1.82) is 0 Å². The minimum atomic E-state index is -1.12. The highest BCUT2D eigenvalue weighted by Gasteiger charge is 2.46. The Hall–Kier alpha value is -1.87. The highest BCUT2D eigenvalue weighted by Crippen LogP contribution is 2.31. The van der Waals surface area contributed by atoms with Crippen LogP contribution in [-0.2, 0) is 25.1 Å². The third kappa shape index (κ3) is 3.25. The Labute approximate surface area is 140 Å². The third-order valence-electron chi connectivity index (χ3n) is 3.59. The molecule has 0 radical (unpaired) electrons. The maximum Gasteiger partial charge on any atom is 0.355 e. The lowest BCUT2D eigenvalue weighted by atomic mass is 10.1. The van der Waals surface area contributed by atoms with Crippen LogP contribution < -0.4 is 10.1 Å². The summed E-state index contributed by atoms with van der Waals surface area (Å²) in [6.07, 6.45) is 5.47. The molecule has 23 heavy (non-hydrogen) atoms. The average Bonchev–Trinajstić information content (AvgIpc) is 2.55. The van der Waals surface area contributed by atoms with Crippen LogP contribution in [0.15, 0.2) is 41.2 Å². The molecule has 1 aromatic heterocycles. The first-order chi connectivity index (χ1) is 11.1. The van der Waals surface area contributed by atoms with Crippen LogP contribution in [-0.4, -0.2) is 45.1 Å². The Morgan fingerprint density at radius 2 is 2.26 bits per heavy atom. The van der Waals surface area contributed by atoms with Gasteiger partial charge < -0.3 is 4.74 Å². The van der Waals surface area contributed by atoms with Gasteiger partial charge in [-0.15, -0.1) is 0 Å². The second-order valence-corrected chi connectivity index (χ2v) is 7.55. The number of aromatic nitrogens is 1. The highest BCUT2D eigenvalue weighted by molar-refractivity contribution is 7.99. The van der Waals surface area contributed by atoms with E-state index in [9.17, 15) is 13.8 Å². The summed E-state index contributed by atoms with van der Waals surface area (Å²) in [5.41, 5.74) is 3.16. The van der Waals surface area contributed by atoms with Crippen LogP contribution in [0.5, 0.6) is 0 Å². The first-order valence-corrected chi connectivity index (χ1v) is 9.35. The summed E-state index contributed by atoms with van der Waals surface area (Å²) in [5, 5.41) is -0.367. The van der Waals surface area contributed by atoms with Gasteiger partial charge in [-0.05, 0) is 6.08 Å². The lowest BCUT2D eigenvalue weighted by Crippen LogP contribution is -2.57. The van der Waals surface area contributed by atoms with E-state index in [1.165, 1.54) is 22.7 Å². The van der Waals surface area contributed by atoms with Crippen molar-refractivity contribution in [2.75, 3.05) is 24.2 Å². The molecule has 0 bridgehead atoms. The molecule has 1 saturated heterocycles. The first kappa shape index (κ1) is 16.0. The predicted molar refractivity (Wildman–Crippen MR) is 85.1 cm³/mol. The van der Waals surface area contributed by atoms with E-state index in [2.05, 4.69) is 5.43 Å². The fourth-order valence-corrected chi connectivity index (χ4v) is 4.28. The quantitative estimate of drug-likeness (QED) is 0.262. The predicted octanol–water partition coefficient (Wildman–Crippen LogP) is -0.0552. The number of rotatable bonds is 5. The molecule has 1 unspecified atom stereocenters. The number of pyridine rings is 1. The fraction of sp³-hybridized carbons (Fsp3) is 0.357. The van der Waals surface area contributed by atoms with Gasteiger partial charge in [0.05, 0.1) is 13.5 Å². The molecule has 0 aliphatic carbocycles. The Balaban J connectivity index is 1.55. The Morgan fingerprint density at radius 1 is 1.52 bits per heavy atom. The van der Waals surface area contributed by atoms with Gasteiger partial charge in [-0.25, -0.2) is 4.79 Å². The molecule has 2 atom stereocenters. The molecule has 9 heteroatoms. The number of β-lactam (4-membered cyclic amide) rings is 1. The molecule has 0 aromatic carbocycles. The molecule has 2 aliphatic heterocycles. The zero-order chi connectivity index (χ0) is 16.4. The summed E-state index contributed by atoms with van der Waals surface area (Å²) in [7, 11) is 0.692. The minimum absolute atomic E-state index is 0.148. The standard InChI is InChI=1S/C14H16N3O4S2/c1-15-16-5-2-10(3-6-16)22-9-21-14(19)11-4-7-23(20)13-8-12(18)17(11)13/h2-6,13,15H,7-9H2,1H3/q+1/t13-,23?/m0/s1. The maximum atomic E-state index is 12.1. The monoisotopic (exact) mass is 354 g/mol. The number of thioether (sulfide) groups is 1. The van der Waals surface area contributed by atoms with Gasteiger partial charge in [0.25, 0.3) is 0 Å². The number of nitrogens with zero attached hydrogens (tertiary/aromatic N) is 2. The maximum absolute atomic E-state index is 12.1. The van der Waals surface area contributed by atoms with Crippen molar-refractivity contribution in [1.82, 2.24) is 4.90 Å². The van der Waals surface area contributed by atoms with Gasteiger partial charge in [0.15, 0.2) is 0 Å². The van der Waals surface area contributed by atoms with Crippen LogP contribution in [0.1, 0.15) is 6.42 Å². The molecule has 1 amide bonds. The summed E-state index contributed by atoms with van der Waals surface area (Å²) >= 11 is 1.38. The van der Waals surface area contributed by atoms with E-state index >= 15 is 0 Å². The summed E-state index contributed by atoms with van der Waals surface area (Å²) < 4.78 is 18.7. The number of nitrogens with one attached hydrogen (secondary N) is 1. The van der Waals surface area contributed by atoms with E-state index in [-0.39, 0.29) is 35.1 Å². The normalized spacial score (nSPS) is 22.7. The Morgan fingerprint density at radius 3 is 2.91 bits per heavy atom. The fourth-order valence-electron chi connectivity index (χ4n) is 2.32. The first-order valence-electron chi connectivity index (χ1n) is 6.98. The van der Waals surface area contributed by atoms with E-state index < -0.39 is 16.8 Å². The van der Waals surface area contributed by atoms with Gasteiger partial charge >= 0.3 is 5.97 Å². The average molecular weight is 354 g/mol. The molecule has 3 rings (SSSR count). The van der Waals surface area contributed by atoms with Crippen molar-refractivity contribution in [2.45, 2.75) is 16.7 Å². The number of esters is 1. The summed E-state index contributed by atoms with van der Waals surface area (Å²) in [6.45, 7) is 0. The van der Waals surface area contributed by atoms with Crippen LogP contribution in [0.3, 0.4) is 0 Å². The van der Waals surface area contributed by atoms with Crippen molar-refractivity contribution in [3.05, 3.63) is 36.3 Å².